The predicted molar refractivity (Wildman–Crippen MR) is 48.6 cm³/mol. The number of aryl methyl sites for hydroxylation is 1. The molecule has 0 unspecified atom stereocenters. The Morgan fingerprint density at radius 3 is 2.92 bits per heavy atom. The van der Waals surface area contributed by atoms with Crippen molar-refractivity contribution in [3.05, 3.63) is 23.7 Å². The lowest BCUT2D eigenvalue weighted by molar-refractivity contribution is 0.101. The molecule has 0 saturated heterocycles. The van der Waals surface area contributed by atoms with E-state index in [1.165, 1.54) is 6.92 Å². The Hall–Kier alpha value is -1.71. The van der Waals surface area contributed by atoms with Crippen LogP contribution in [0.1, 0.15) is 22.8 Å². The van der Waals surface area contributed by atoms with E-state index in [0.29, 0.717) is 11.2 Å². The number of hydrogen-bond acceptors (Lipinski definition) is 3. The topological polar surface area (TPSA) is 58.6 Å². The lowest BCUT2D eigenvalue weighted by Gasteiger charge is -2.00. The van der Waals surface area contributed by atoms with Crippen LogP contribution in [0.5, 0.6) is 0 Å². The number of rotatable bonds is 1. The lowest BCUT2D eigenvalue weighted by Crippen LogP contribution is -1.98. The minimum absolute atomic E-state index is 0.0292. The van der Waals surface area contributed by atoms with Gasteiger partial charge in [-0.25, -0.2) is 9.97 Å². The van der Waals surface area contributed by atoms with Gasteiger partial charge in [-0.05, 0) is 19.4 Å². The third-order valence-electron chi connectivity index (χ3n) is 2.09. The van der Waals surface area contributed by atoms with E-state index in [-0.39, 0.29) is 5.78 Å². The Kier molecular flexibility index (Phi) is 1.62. The molecule has 0 aliphatic carbocycles. The van der Waals surface area contributed by atoms with Gasteiger partial charge in [0.05, 0.1) is 11.8 Å². The maximum atomic E-state index is 11.2. The van der Waals surface area contributed by atoms with E-state index in [1.54, 1.807) is 12.5 Å². The number of aromatic nitrogens is 3. The number of carbonyl (C=O) groups excluding carboxylic acids is 1. The average Bonchev–Trinajstić information content (AvgIpc) is 2.52. The first-order chi connectivity index (χ1) is 6.20. The van der Waals surface area contributed by atoms with Gasteiger partial charge in [0, 0.05) is 11.8 Å². The van der Waals surface area contributed by atoms with E-state index in [2.05, 4.69) is 15.0 Å². The number of pyridine rings is 1. The highest BCUT2D eigenvalue weighted by Crippen LogP contribution is 2.16. The summed E-state index contributed by atoms with van der Waals surface area (Å²) in [6, 6.07) is 0. The SMILES string of the molecule is CC(=O)c1cnc2nc[nH]c2c1C. The van der Waals surface area contributed by atoms with Crippen molar-refractivity contribution < 1.29 is 4.79 Å². The highest BCUT2D eigenvalue weighted by atomic mass is 16.1. The van der Waals surface area contributed by atoms with Crippen LogP contribution in [0, 0.1) is 6.92 Å². The molecule has 2 aromatic heterocycles. The van der Waals surface area contributed by atoms with Crippen LogP contribution in [0.3, 0.4) is 0 Å². The number of carbonyl (C=O) groups is 1. The Morgan fingerprint density at radius 2 is 2.23 bits per heavy atom. The standard InChI is InChI=1S/C9H9N3O/c1-5-7(6(2)13)3-10-9-8(5)11-4-12-9/h3-4H,1-2H3,(H,10,11,12). The molecule has 66 valence electrons. The molecule has 1 N–H and O–H groups in total. The molecule has 0 aliphatic rings. The van der Waals surface area contributed by atoms with Crippen molar-refractivity contribution in [2.75, 3.05) is 0 Å². The van der Waals surface area contributed by atoms with Gasteiger partial charge in [-0.15, -0.1) is 0 Å². The van der Waals surface area contributed by atoms with Crippen LogP contribution in [-0.2, 0) is 0 Å². The van der Waals surface area contributed by atoms with Crippen LogP contribution in [0.4, 0.5) is 0 Å². The second kappa shape index (κ2) is 2.65. The summed E-state index contributed by atoms with van der Waals surface area (Å²) in [5.74, 6) is 0.0292. The first kappa shape index (κ1) is 7.91. The summed E-state index contributed by atoms with van der Waals surface area (Å²) in [4.78, 5) is 22.2. The molecular weight excluding hydrogens is 166 g/mol. The smallest absolute Gasteiger partial charge is 0.177 e. The molecule has 0 saturated carbocycles. The number of nitrogens with zero attached hydrogens (tertiary/aromatic N) is 2. The number of Topliss-reactive ketones (excluding diaryl/α,β-unsaturated/α-hetero) is 1. The van der Waals surface area contributed by atoms with Crippen molar-refractivity contribution in [2.24, 2.45) is 0 Å². The largest absolute Gasteiger partial charge is 0.343 e. The molecule has 13 heavy (non-hydrogen) atoms. The van der Waals surface area contributed by atoms with Gasteiger partial charge in [0.25, 0.3) is 0 Å². The van der Waals surface area contributed by atoms with Gasteiger partial charge in [-0.3, -0.25) is 4.79 Å². The Morgan fingerprint density at radius 1 is 1.46 bits per heavy atom. The zero-order chi connectivity index (χ0) is 9.42. The molecular formula is C9H9N3O. The number of hydrogen-bond donors (Lipinski definition) is 1. The fourth-order valence-electron chi connectivity index (χ4n) is 1.37. The zero-order valence-electron chi connectivity index (χ0n) is 7.46. The van der Waals surface area contributed by atoms with Crippen LogP contribution in [0.25, 0.3) is 11.2 Å². The number of aromatic amines is 1. The second-order valence-corrected chi connectivity index (χ2v) is 2.95. The van der Waals surface area contributed by atoms with E-state index in [1.807, 2.05) is 6.92 Å². The van der Waals surface area contributed by atoms with E-state index in [4.69, 9.17) is 0 Å². The second-order valence-electron chi connectivity index (χ2n) is 2.95. The summed E-state index contributed by atoms with van der Waals surface area (Å²) in [7, 11) is 0. The minimum Gasteiger partial charge on any atom is -0.343 e. The van der Waals surface area contributed by atoms with Crippen molar-refractivity contribution >= 4 is 16.9 Å². The third-order valence-corrected chi connectivity index (χ3v) is 2.09. The molecule has 0 spiro atoms. The molecule has 2 heterocycles. The van der Waals surface area contributed by atoms with Crippen molar-refractivity contribution in [2.45, 2.75) is 13.8 Å². The summed E-state index contributed by atoms with van der Waals surface area (Å²) in [5.41, 5.74) is 3.06. The van der Waals surface area contributed by atoms with Crippen LogP contribution >= 0.6 is 0 Å². The number of H-pyrrole nitrogens is 1. The summed E-state index contributed by atoms with van der Waals surface area (Å²) in [6.07, 6.45) is 3.15. The van der Waals surface area contributed by atoms with E-state index >= 15 is 0 Å². The molecule has 0 aromatic carbocycles. The van der Waals surface area contributed by atoms with Crippen LogP contribution < -0.4 is 0 Å². The molecule has 0 bridgehead atoms. The first-order valence-electron chi connectivity index (χ1n) is 4.00. The molecule has 2 aromatic rings. The molecule has 2 rings (SSSR count). The summed E-state index contributed by atoms with van der Waals surface area (Å²) < 4.78 is 0. The molecule has 0 radical (unpaired) electrons. The lowest BCUT2D eigenvalue weighted by atomic mass is 10.1. The molecule has 4 heteroatoms. The normalized spacial score (nSPS) is 10.6. The quantitative estimate of drug-likeness (QED) is 0.667. The minimum atomic E-state index is 0.0292. The maximum absolute atomic E-state index is 11.2. The molecule has 0 atom stereocenters. The number of fused-ring (bicyclic) bond motifs is 1. The molecule has 0 fully saturated rings. The van der Waals surface area contributed by atoms with Gasteiger partial charge >= 0.3 is 0 Å². The third kappa shape index (κ3) is 1.11. The van der Waals surface area contributed by atoms with Crippen molar-refractivity contribution in [1.82, 2.24) is 15.0 Å². The predicted octanol–water partition coefficient (Wildman–Crippen LogP) is 1.47. The van der Waals surface area contributed by atoms with Crippen molar-refractivity contribution in [1.29, 1.82) is 0 Å². The molecule has 0 aliphatic heterocycles. The maximum Gasteiger partial charge on any atom is 0.177 e. The van der Waals surface area contributed by atoms with E-state index < -0.39 is 0 Å². The van der Waals surface area contributed by atoms with Crippen LogP contribution in [0.15, 0.2) is 12.5 Å². The Labute approximate surface area is 75.0 Å². The van der Waals surface area contributed by atoms with Crippen molar-refractivity contribution in [3.8, 4) is 0 Å². The summed E-state index contributed by atoms with van der Waals surface area (Å²) in [5, 5.41) is 0. The van der Waals surface area contributed by atoms with E-state index in [0.717, 1.165) is 11.1 Å². The van der Waals surface area contributed by atoms with Crippen LogP contribution in [-0.4, -0.2) is 20.7 Å². The highest BCUT2D eigenvalue weighted by molar-refractivity contribution is 5.98. The fourth-order valence-corrected chi connectivity index (χ4v) is 1.37. The van der Waals surface area contributed by atoms with Gasteiger partial charge in [-0.2, -0.15) is 0 Å². The first-order valence-corrected chi connectivity index (χ1v) is 4.00. The van der Waals surface area contributed by atoms with Gasteiger partial charge in [-0.1, -0.05) is 0 Å². The van der Waals surface area contributed by atoms with Crippen LogP contribution in [0.2, 0.25) is 0 Å². The van der Waals surface area contributed by atoms with E-state index in [9.17, 15) is 4.79 Å². The summed E-state index contributed by atoms with van der Waals surface area (Å²) in [6.45, 7) is 3.42. The fraction of sp³-hybridized carbons (Fsp3) is 0.222. The molecule has 0 amide bonds. The zero-order valence-corrected chi connectivity index (χ0v) is 7.46. The van der Waals surface area contributed by atoms with Gasteiger partial charge in [0.1, 0.15) is 0 Å². The van der Waals surface area contributed by atoms with Gasteiger partial charge in [0.15, 0.2) is 11.4 Å². The van der Waals surface area contributed by atoms with Gasteiger partial charge < -0.3 is 4.98 Å². The average molecular weight is 175 g/mol. The number of imidazole rings is 1. The molecule has 4 nitrogen and oxygen atoms in total. The number of ketones is 1. The number of nitrogens with one attached hydrogen (secondary N) is 1. The monoisotopic (exact) mass is 175 g/mol. The summed E-state index contributed by atoms with van der Waals surface area (Å²) >= 11 is 0. The Balaban J connectivity index is 2.80. The van der Waals surface area contributed by atoms with Gasteiger partial charge in [0.2, 0.25) is 0 Å². The Bertz CT molecular complexity index is 473. The van der Waals surface area contributed by atoms with Crippen molar-refractivity contribution in [3.63, 3.8) is 0 Å². The highest BCUT2D eigenvalue weighted by Gasteiger charge is 2.09.